The molecule has 0 aromatic heterocycles. The third-order valence-corrected chi connectivity index (χ3v) is 4.04. The molecule has 2 aliphatic heterocycles. The Morgan fingerprint density at radius 2 is 2.27 bits per heavy atom. The standard InChI is InChI=1S/C16H21N3O3/c1-11-16(21)19(13-6-2-3-7-14(13)22-11)10-15(20)18-12-5-4-8-17-9-12/h2-3,6-7,11-12,17H,4-5,8-10H2,1H3,(H,18,20). The number of carbonyl (C=O) groups excluding carboxylic acids is 2. The van der Waals surface area contributed by atoms with Crippen LogP contribution in [0.3, 0.4) is 0 Å². The van der Waals surface area contributed by atoms with E-state index in [1.54, 1.807) is 13.0 Å². The molecule has 2 unspecified atom stereocenters. The fraction of sp³-hybridized carbons (Fsp3) is 0.500. The summed E-state index contributed by atoms with van der Waals surface area (Å²) >= 11 is 0. The van der Waals surface area contributed by atoms with Gasteiger partial charge in [0, 0.05) is 12.6 Å². The number of hydrogen-bond acceptors (Lipinski definition) is 4. The van der Waals surface area contributed by atoms with Gasteiger partial charge in [-0.3, -0.25) is 14.5 Å². The summed E-state index contributed by atoms with van der Waals surface area (Å²) in [5, 5.41) is 6.26. The first-order chi connectivity index (χ1) is 10.6. The number of fused-ring (bicyclic) bond motifs is 1. The molecule has 2 N–H and O–H groups in total. The minimum atomic E-state index is -0.570. The van der Waals surface area contributed by atoms with Crippen LogP contribution in [0.5, 0.6) is 5.75 Å². The number of carbonyl (C=O) groups is 2. The molecule has 2 amide bonds. The quantitative estimate of drug-likeness (QED) is 0.861. The molecule has 0 aliphatic carbocycles. The highest BCUT2D eigenvalue weighted by Crippen LogP contribution is 2.33. The van der Waals surface area contributed by atoms with E-state index in [1.165, 1.54) is 4.90 Å². The van der Waals surface area contributed by atoms with Gasteiger partial charge in [0.1, 0.15) is 12.3 Å². The van der Waals surface area contributed by atoms with Crippen molar-refractivity contribution in [3.8, 4) is 5.75 Å². The van der Waals surface area contributed by atoms with Gasteiger partial charge in [0.2, 0.25) is 5.91 Å². The van der Waals surface area contributed by atoms with Crippen molar-refractivity contribution in [3.63, 3.8) is 0 Å². The van der Waals surface area contributed by atoms with Gasteiger partial charge in [-0.15, -0.1) is 0 Å². The molecule has 118 valence electrons. The first-order valence-corrected chi connectivity index (χ1v) is 7.72. The summed E-state index contributed by atoms with van der Waals surface area (Å²) in [4.78, 5) is 26.1. The van der Waals surface area contributed by atoms with Crippen molar-refractivity contribution in [3.05, 3.63) is 24.3 Å². The summed E-state index contributed by atoms with van der Waals surface area (Å²) in [6, 6.07) is 7.45. The lowest BCUT2D eigenvalue weighted by atomic mass is 10.1. The average molecular weight is 303 g/mol. The molecule has 0 spiro atoms. The fourth-order valence-corrected chi connectivity index (χ4v) is 2.91. The fourth-order valence-electron chi connectivity index (χ4n) is 2.91. The Balaban J connectivity index is 1.70. The highest BCUT2D eigenvalue weighted by atomic mass is 16.5. The number of hydrogen-bond donors (Lipinski definition) is 2. The maximum Gasteiger partial charge on any atom is 0.268 e. The largest absolute Gasteiger partial charge is 0.479 e. The summed E-state index contributed by atoms with van der Waals surface area (Å²) in [6.07, 6.45) is 1.46. The van der Waals surface area contributed by atoms with Gasteiger partial charge in [0.25, 0.3) is 5.91 Å². The molecule has 2 aliphatic rings. The van der Waals surface area contributed by atoms with E-state index in [0.29, 0.717) is 11.4 Å². The van der Waals surface area contributed by atoms with Crippen LogP contribution in [-0.4, -0.2) is 43.6 Å². The number of nitrogens with zero attached hydrogens (tertiary/aromatic N) is 1. The molecule has 2 heterocycles. The third kappa shape index (κ3) is 3.06. The predicted octanol–water partition coefficient (Wildman–Crippen LogP) is 0.669. The Kier molecular flexibility index (Phi) is 4.29. The molecule has 22 heavy (non-hydrogen) atoms. The number of para-hydroxylation sites is 2. The van der Waals surface area contributed by atoms with Gasteiger partial charge < -0.3 is 15.4 Å². The molecule has 1 aromatic carbocycles. The summed E-state index contributed by atoms with van der Waals surface area (Å²) in [5.41, 5.74) is 0.655. The second-order valence-corrected chi connectivity index (χ2v) is 5.76. The summed E-state index contributed by atoms with van der Waals surface area (Å²) in [6.45, 7) is 3.52. The molecule has 0 bridgehead atoms. The first kappa shape index (κ1) is 14.8. The van der Waals surface area contributed by atoms with Crippen molar-refractivity contribution in [2.75, 3.05) is 24.5 Å². The normalized spacial score (nSPS) is 24.4. The molecule has 3 rings (SSSR count). The van der Waals surface area contributed by atoms with Crippen LogP contribution < -0.4 is 20.3 Å². The number of ether oxygens (including phenoxy) is 1. The molecule has 6 nitrogen and oxygen atoms in total. The van der Waals surface area contributed by atoms with Crippen molar-refractivity contribution >= 4 is 17.5 Å². The summed E-state index contributed by atoms with van der Waals surface area (Å²) in [5.74, 6) is 0.323. The predicted molar refractivity (Wildman–Crippen MR) is 82.9 cm³/mol. The Hall–Kier alpha value is -2.08. The number of amides is 2. The Morgan fingerprint density at radius 1 is 1.45 bits per heavy atom. The Labute approximate surface area is 129 Å². The smallest absolute Gasteiger partial charge is 0.268 e. The van der Waals surface area contributed by atoms with Crippen molar-refractivity contribution < 1.29 is 14.3 Å². The number of rotatable bonds is 3. The molecule has 6 heteroatoms. The topological polar surface area (TPSA) is 70.7 Å². The number of anilines is 1. The number of piperidine rings is 1. The highest BCUT2D eigenvalue weighted by Gasteiger charge is 2.32. The van der Waals surface area contributed by atoms with Crippen molar-refractivity contribution in [1.29, 1.82) is 0 Å². The van der Waals surface area contributed by atoms with Gasteiger partial charge >= 0.3 is 0 Å². The van der Waals surface area contributed by atoms with Crippen molar-refractivity contribution in [1.82, 2.24) is 10.6 Å². The molecule has 0 saturated carbocycles. The van der Waals surface area contributed by atoms with Crippen LogP contribution >= 0.6 is 0 Å². The van der Waals surface area contributed by atoms with E-state index in [1.807, 2.05) is 18.2 Å². The minimum absolute atomic E-state index is 0.0278. The molecule has 1 aromatic rings. The maximum absolute atomic E-state index is 12.3. The zero-order valence-electron chi connectivity index (χ0n) is 12.7. The molecular formula is C16H21N3O3. The van der Waals surface area contributed by atoms with Crippen molar-refractivity contribution in [2.45, 2.75) is 31.9 Å². The van der Waals surface area contributed by atoms with Crippen LogP contribution in [0.2, 0.25) is 0 Å². The van der Waals surface area contributed by atoms with E-state index in [0.717, 1.165) is 25.9 Å². The lowest BCUT2D eigenvalue weighted by Crippen LogP contribution is -2.52. The van der Waals surface area contributed by atoms with E-state index >= 15 is 0 Å². The van der Waals surface area contributed by atoms with Gasteiger partial charge in [-0.05, 0) is 38.4 Å². The van der Waals surface area contributed by atoms with Crippen LogP contribution in [0.4, 0.5) is 5.69 Å². The van der Waals surface area contributed by atoms with Crippen LogP contribution in [0, 0.1) is 0 Å². The minimum Gasteiger partial charge on any atom is -0.479 e. The van der Waals surface area contributed by atoms with E-state index in [4.69, 9.17) is 4.74 Å². The SMILES string of the molecule is CC1Oc2ccccc2N(CC(=O)NC2CCCNC2)C1=O. The monoisotopic (exact) mass is 303 g/mol. The average Bonchev–Trinajstić information content (AvgIpc) is 2.53. The zero-order chi connectivity index (χ0) is 15.5. The Bertz CT molecular complexity index is 570. The van der Waals surface area contributed by atoms with E-state index in [2.05, 4.69) is 10.6 Å². The van der Waals surface area contributed by atoms with E-state index in [-0.39, 0.29) is 24.4 Å². The molecule has 0 radical (unpaired) electrons. The van der Waals surface area contributed by atoms with Gasteiger partial charge in [0.15, 0.2) is 6.10 Å². The van der Waals surface area contributed by atoms with Crippen LogP contribution in [0.25, 0.3) is 0 Å². The zero-order valence-corrected chi connectivity index (χ0v) is 12.7. The van der Waals surface area contributed by atoms with E-state index < -0.39 is 6.10 Å². The lowest BCUT2D eigenvalue weighted by molar-refractivity contribution is -0.128. The molecule has 1 fully saturated rings. The second-order valence-electron chi connectivity index (χ2n) is 5.76. The third-order valence-electron chi connectivity index (χ3n) is 4.04. The second kappa shape index (κ2) is 6.36. The van der Waals surface area contributed by atoms with E-state index in [9.17, 15) is 9.59 Å². The molecule has 2 atom stereocenters. The molecule has 1 saturated heterocycles. The van der Waals surface area contributed by atoms with Gasteiger partial charge in [0.05, 0.1) is 5.69 Å². The summed E-state index contributed by atoms with van der Waals surface area (Å²) in [7, 11) is 0. The lowest BCUT2D eigenvalue weighted by Gasteiger charge is -2.33. The van der Waals surface area contributed by atoms with Crippen LogP contribution in [-0.2, 0) is 9.59 Å². The first-order valence-electron chi connectivity index (χ1n) is 7.72. The van der Waals surface area contributed by atoms with Gasteiger partial charge in [-0.25, -0.2) is 0 Å². The number of nitrogens with one attached hydrogen (secondary N) is 2. The Morgan fingerprint density at radius 3 is 3.05 bits per heavy atom. The van der Waals surface area contributed by atoms with Crippen molar-refractivity contribution in [2.24, 2.45) is 0 Å². The molecular weight excluding hydrogens is 282 g/mol. The highest BCUT2D eigenvalue weighted by molar-refractivity contribution is 6.03. The summed E-state index contributed by atoms with van der Waals surface area (Å²) < 4.78 is 5.57. The number of benzene rings is 1. The maximum atomic E-state index is 12.3. The van der Waals surface area contributed by atoms with Gasteiger partial charge in [-0.2, -0.15) is 0 Å². The van der Waals surface area contributed by atoms with Gasteiger partial charge in [-0.1, -0.05) is 12.1 Å². The van der Waals surface area contributed by atoms with Crippen LogP contribution in [0.15, 0.2) is 24.3 Å². The van der Waals surface area contributed by atoms with Crippen LogP contribution in [0.1, 0.15) is 19.8 Å².